The molecule has 0 atom stereocenters. The zero-order valence-electron chi connectivity index (χ0n) is 7.77. The highest BCUT2D eigenvalue weighted by Gasteiger charge is 2.18. The van der Waals surface area contributed by atoms with E-state index in [1.165, 1.54) is 5.69 Å². The van der Waals surface area contributed by atoms with Crippen molar-refractivity contribution in [3.8, 4) is 0 Å². The predicted octanol–water partition coefficient (Wildman–Crippen LogP) is 1.54. The lowest BCUT2D eigenvalue weighted by Crippen LogP contribution is -2.34. The van der Waals surface area contributed by atoms with Crippen molar-refractivity contribution in [2.24, 2.45) is 7.05 Å². The SMILES string of the molecule is CCc1oc(C)c(CC)[n+]1C. The lowest BCUT2D eigenvalue weighted by Gasteiger charge is -1.86. The molecule has 0 amide bonds. The van der Waals surface area contributed by atoms with Crippen LogP contribution in [0.25, 0.3) is 0 Å². The maximum absolute atomic E-state index is 5.55. The predicted molar refractivity (Wildman–Crippen MR) is 43.4 cm³/mol. The topological polar surface area (TPSA) is 17.0 Å². The Bertz CT molecular complexity index is 250. The Morgan fingerprint density at radius 1 is 1.27 bits per heavy atom. The molecular weight excluding hydrogens is 138 g/mol. The molecule has 0 aliphatic heterocycles. The van der Waals surface area contributed by atoms with Crippen molar-refractivity contribution < 1.29 is 8.98 Å². The molecule has 0 bridgehead atoms. The minimum absolute atomic E-state index is 0.970. The summed E-state index contributed by atoms with van der Waals surface area (Å²) in [7, 11) is 2.06. The third-order valence-corrected chi connectivity index (χ3v) is 2.09. The van der Waals surface area contributed by atoms with Gasteiger partial charge in [-0.05, 0) is 0 Å². The van der Waals surface area contributed by atoms with Crippen LogP contribution in [0.15, 0.2) is 4.42 Å². The molecule has 0 saturated heterocycles. The maximum atomic E-state index is 5.55. The number of hydrogen-bond donors (Lipinski definition) is 0. The lowest BCUT2D eigenvalue weighted by atomic mass is 10.3. The average Bonchev–Trinajstić information content (AvgIpc) is 2.26. The monoisotopic (exact) mass is 154 g/mol. The molecule has 0 N–H and O–H groups in total. The fourth-order valence-electron chi connectivity index (χ4n) is 1.49. The van der Waals surface area contributed by atoms with E-state index in [0.29, 0.717) is 0 Å². The van der Waals surface area contributed by atoms with Gasteiger partial charge in [0.15, 0.2) is 5.76 Å². The highest BCUT2D eigenvalue weighted by molar-refractivity contribution is 5.00. The highest BCUT2D eigenvalue weighted by Crippen LogP contribution is 2.07. The van der Waals surface area contributed by atoms with E-state index in [4.69, 9.17) is 4.42 Å². The number of aryl methyl sites for hydroxylation is 2. The Kier molecular flexibility index (Phi) is 2.32. The van der Waals surface area contributed by atoms with Gasteiger partial charge in [0.25, 0.3) is 0 Å². The second-order valence-electron chi connectivity index (χ2n) is 2.76. The molecule has 0 saturated carbocycles. The second kappa shape index (κ2) is 3.07. The summed E-state index contributed by atoms with van der Waals surface area (Å²) in [5.74, 6) is 2.13. The summed E-state index contributed by atoms with van der Waals surface area (Å²) in [4.78, 5) is 0. The van der Waals surface area contributed by atoms with E-state index < -0.39 is 0 Å². The number of oxazole rings is 1. The van der Waals surface area contributed by atoms with Crippen LogP contribution in [0.1, 0.15) is 31.2 Å². The van der Waals surface area contributed by atoms with E-state index in [2.05, 4.69) is 25.5 Å². The van der Waals surface area contributed by atoms with Crippen LogP contribution in [0, 0.1) is 6.92 Å². The van der Waals surface area contributed by atoms with Gasteiger partial charge in [-0.3, -0.25) is 0 Å². The van der Waals surface area contributed by atoms with Gasteiger partial charge in [0.05, 0.1) is 6.42 Å². The van der Waals surface area contributed by atoms with Crippen molar-refractivity contribution in [2.45, 2.75) is 33.6 Å². The van der Waals surface area contributed by atoms with Gasteiger partial charge in [-0.15, -0.1) is 0 Å². The molecular formula is C9H16NO+. The standard InChI is InChI=1S/C9H16NO/c1-5-8-7(3)11-9(6-2)10(8)4/h5-6H2,1-4H3/q+1. The summed E-state index contributed by atoms with van der Waals surface area (Å²) in [5.41, 5.74) is 1.31. The van der Waals surface area contributed by atoms with Gasteiger partial charge in [-0.25, -0.2) is 0 Å². The third-order valence-electron chi connectivity index (χ3n) is 2.09. The Labute approximate surface area is 67.8 Å². The quantitative estimate of drug-likeness (QED) is 0.590. The van der Waals surface area contributed by atoms with E-state index in [1.807, 2.05) is 6.92 Å². The van der Waals surface area contributed by atoms with Crippen molar-refractivity contribution >= 4 is 0 Å². The van der Waals surface area contributed by atoms with E-state index >= 15 is 0 Å². The van der Waals surface area contributed by atoms with Gasteiger partial charge >= 0.3 is 5.89 Å². The van der Waals surface area contributed by atoms with E-state index in [-0.39, 0.29) is 0 Å². The minimum atomic E-state index is 0.970. The third kappa shape index (κ3) is 1.30. The summed E-state index contributed by atoms with van der Waals surface area (Å²) < 4.78 is 7.70. The van der Waals surface area contributed by atoms with Crippen molar-refractivity contribution in [3.05, 3.63) is 17.3 Å². The molecule has 0 radical (unpaired) electrons. The summed E-state index contributed by atoms with van der Waals surface area (Å²) in [6.45, 7) is 6.28. The van der Waals surface area contributed by atoms with Gasteiger partial charge in [-0.1, -0.05) is 13.8 Å². The van der Waals surface area contributed by atoms with Crippen LogP contribution >= 0.6 is 0 Å². The molecule has 0 aliphatic carbocycles. The zero-order valence-corrected chi connectivity index (χ0v) is 7.77. The van der Waals surface area contributed by atoms with E-state index in [0.717, 1.165) is 24.5 Å². The largest absolute Gasteiger partial charge is 0.407 e. The van der Waals surface area contributed by atoms with Gasteiger partial charge in [0.2, 0.25) is 5.69 Å². The van der Waals surface area contributed by atoms with Gasteiger partial charge in [-0.2, -0.15) is 4.57 Å². The Morgan fingerprint density at radius 2 is 1.91 bits per heavy atom. The average molecular weight is 154 g/mol. The number of nitrogens with zero attached hydrogens (tertiary/aromatic N) is 1. The van der Waals surface area contributed by atoms with Crippen LogP contribution in [0.4, 0.5) is 0 Å². The molecule has 2 heteroatoms. The van der Waals surface area contributed by atoms with E-state index in [1.54, 1.807) is 0 Å². The first kappa shape index (κ1) is 8.31. The molecule has 1 aromatic rings. The lowest BCUT2D eigenvalue weighted by molar-refractivity contribution is -0.689. The van der Waals surface area contributed by atoms with Crippen LogP contribution in [-0.4, -0.2) is 0 Å². The zero-order chi connectivity index (χ0) is 8.43. The van der Waals surface area contributed by atoms with Crippen molar-refractivity contribution in [2.75, 3.05) is 0 Å². The Hall–Kier alpha value is -0.790. The molecule has 0 aromatic carbocycles. The maximum Gasteiger partial charge on any atom is 0.346 e. The van der Waals surface area contributed by atoms with E-state index in [9.17, 15) is 0 Å². The summed E-state index contributed by atoms with van der Waals surface area (Å²) in [6.07, 6.45) is 2.02. The Morgan fingerprint density at radius 3 is 2.18 bits per heavy atom. The number of aromatic nitrogens is 1. The summed E-state index contributed by atoms with van der Waals surface area (Å²) >= 11 is 0. The molecule has 1 heterocycles. The highest BCUT2D eigenvalue weighted by atomic mass is 16.4. The van der Waals surface area contributed by atoms with Gasteiger partial charge in [0.1, 0.15) is 7.05 Å². The normalized spacial score (nSPS) is 10.5. The fourth-order valence-corrected chi connectivity index (χ4v) is 1.49. The van der Waals surface area contributed by atoms with Gasteiger partial charge < -0.3 is 4.42 Å². The smallest absolute Gasteiger partial charge is 0.346 e. The fraction of sp³-hybridized carbons (Fsp3) is 0.667. The van der Waals surface area contributed by atoms with Crippen LogP contribution < -0.4 is 4.57 Å². The second-order valence-corrected chi connectivity index (χ2v) is 2.76. The summed E-state index contributed by atoms with van der Waals surface area (Å²) in [5, 5.41) is 0. The molecule has 0 unspecified atom stereocenters. The molecule has 0 fully saturated rings. The molecule has 1 aromatic heterocycles. The molecule has 0 spiro atoms. The van der Waals surface area contributed by atoms with Crippen molar-refractivity contribution in [1.29, 1.82) is 0 Å². The molecule has 0 aliphatic rings. The number of rotatable bonds is 2. The first-order valence-corrected chi connectivity index (χ1v) is 4.17. The first-order chi connectivity index (χ1) is 5.20. The molecule has 1 rings (SSSR count). The first-order valence-electron chi connectivity index (χ1n) is 4.17. The van der Waals surface area contributed by atoms with Crippen LogP contribution in [0.3, 0.4) is 0 Å². The van der Waals surface area contributed by atoms with Crippen LogP contribution in [0.2, 0.25) is 0 Å². The van der Waals surface area contributed by atoms with Gasteiger partial charge in [0, 0.05) is 13.3 Å². The summed E-state index contributed by atoms with van der Waals surface area (Å²) in [6, 6.07) is 0. The van der Waals surface area contributed by atoms with Crippen LogP contribution in [0.5, 0.6) is 0 Å². The Balaban J connectivity index is 3.14. The molecule has 2 nitrogen and oxygen atoms in total. The van der Waals surface area contributed by atoms with Crippen LogP contribution in [-0.2, 0) is 19.9 Å². The van der Waals surface area contributed by atoms with Crippen molar-refractivity contribution in [1.82, 2.24) is 0 Å². The molecule has 62 valence electrons. The minimum Gasteiger partial charge on any atom is -0.407 e. The van der Waals surface area contributed by atoms with Crippen molar-refractivity contribution in [3.63, 3.8) is 0 Å². The molecule has 11 heavy (non-hydrogen) atoms. The number of hydrogen-bond acceptors (Lipinski definition) is 1.